The normalized spacial score (nSPS) is 14.6. The molecule has 3 rings (SSSR count). The van der Waals surface area contributed by atoms with Gasteiger partial charge in [0, 0.05) is 36.4 Å². The highest BCUT2D eigenvalue weighted by Crippen LogP contribution is 2.12. The summed E-state index contributed by atoms with van der Waals surface area (Å²) in [5, 5.41) is 0. The zero-order valence-electron chi connectivity index (χ0n) is 14.4. The van der Waals surface area contributed by atoms with Gasteiger partial charge in [0.1, 0.15) is 5.75 Å². The number of morpholine rings is 1. The third-order valence-electron chi connectivity index (χ3n) is 4.11. The molecule has 0 radical (unpaired) electrons. The Balaban J connectivity index is 1.43. The zero-order chi connectivity index (χ0) is 17.3. The average molecular weight is 336 g/mol. The van der Waals surface area contributed by atoms with Crippen molar-refractivity contribution in [3.8, 4) is 17.6 Å². The van der Waals surface area contributed by atoms with Gasteiger partial charge in [-0.3, -0.25) is 4.90 Å². The van der Waals surface area contributed by atoms with Gasteiger partial charge in [-0.15, -0.1) is 0 Å². The summed E-state index contributed by atoms with van der Waals surface area (Å²) in [5.74, 6) is 7.18. The maximum absolute atomic E-state index is 5.81. The van der Waals surface area contributed by atoms with Crippen molar-refractivity contribution in [2.24, 2.45) is 0 Å². The average Bonchev–Trinajstić information content (AvgIpc) is 2.67. The minimum Gasteiger partial charge on any atom is -0.494 e. The second-order valence-corrected chi connectivity index (χ2v) is 6.05. The summed E-state index contributed by atoms with van der Waals surface area (Å²) < 4.78 is 11.2. The van der Waals surface area contributed by atoms with E-state index in [1.54, 1.807) is 0 Å². The summed E-state index contributed by atoms with van der Waals surface area (Å²) in [6.45, 7) is 5.55. The Labute approximate surface area is 149 Å². The molecule has 2 aromatic carbocycles. The summed E-state index contributed by atoms with van der Waals surface area (Å²) in [7, 11) is 0. The molecule has 0 atom stereocenters. The predicted molar refractivity (Wildman–Crippen MR) is 101 cm³/mol. The molecule has 25 heavy (non-hydrogen) atoms. The van der Waals surface area contributed by atoms with E-state index in [4.69, 9.17) is 15.2 Å². The van der Waals surface area contributed by atoms with Crippen molar-refractivity contribution in [3.05, 3.63) is 59.7 Å². The summed E-state index contributed by atoms with van der Waals surface area (Å²) in [5.41, 5.74) is 8.35. The lowest BCUT2D eigenvalue weighted by molar-refractivity contribution is 0.0358. The molecule has 1 fully saturated rings. The van der Waals surface area contributed by atoms with Gasteiger partial charge in [-0.1, -0.05) is 11.8 Å². The van der Waals surface area contributed by atoms with Crippen LogP contribution in [-0.2, 0) is 4.74 Å². The van der Waals surface area contributed by atoms with Gasteiger partial charge in [0.25, 0.3) is 0 Å². The van der Waals surface area contributed by atoms with Crippen LogP contribution in [0, 0.1) is 11.8 Å². The third kappa shape index (κ3) is 5.82. The lowest BCUT2D eigenvalue weighted by atomic mass is 10.1. The van der Waals surface area contributed by atoms with Crippen LogP contribution in [0.25, 0.3) is 0 Å². The molecule has 130 valence electrons. The van der Waals surface area contributed by atoms with Crippen LogP contribution in [0.5, 0.6) is 5.75 Å². The maximum Gasteiger partial charge on any atom is 0.119 e. The first-order valence-electron chi connectivity index (χ1n) is 8.70. The van der Waals surface area contributed by atoms with Crippen LogP contribution in [0.3, 0.4) is 0 Å². The lowest BCUT2D eigenvalue weighted by Crippen LogP contribution is -2.37. The number of nitrogens with two attached hydrogens (primary N) is 1. The topological polar surface area (TPSA) is 47.7 Å². The Kier molecular flexibility index (Phi) is 6.33. The number of nitrogen functional groups attached to an aromatic ring is 1. The molecule has 0 unspecified atom stereocenters. The van der Waals surface area contributed by atoms with Gasteiger partial charge in [0.05, 0.1) is 19.8 Å². The van der Waals surface area contributed by atoms with E-state index < -0.39 is 0 Å². The smallest absolute Gasteiger partial charge is 0.119 e. The second kappa shape index (κ2) is 9.12. The Morgan fingerprint density at radius 3 is 2.16 bits per heavy atom. The monoisotopic (exact) mass is 336 g/mol. The fourth-order valence-electron chi connectivity index (χ4n) is 2.65. The van der Waals surface area contributed by atoms with E-state index in [9.17, 15) is 0 Å². The molecule has 1 aliphatic heterocycles. The van der Waals surface area contributed by atoms with Crippen molar-refractivity contribution in [3.63, 3.8) is 0 Å². The summed E-state index contributed by atoms with van der Waals surface area (Å²) in [4.78, 5) is 2.42. The molecule has 4 heteroatoms. The van der Waals surface area contributed by atoms with Crippen molar-refractivity contribution in [2.45, 2.75) is 6.42 Å². The molecule has 0 aliphatic carbocycles. The van der Waals surface area contributed by atoms with Crippen molar-refractivity contribution in [1.82, 2.24) is 4.90 Å². The van der Waals surface area contributed by atoms with Gasteiger partial charge in [0.2, 0.25) is 0 Å². The van der Waals surface area contributed by atoms with Gasteiger partial charge in [-0.2, -0.15) is 0 Å². The van der Waals surface area contributed by atoms with Crippen molar-refractivity contribution < 1.29 is 9.47 Å². The van der Waals surface area contributed by atoms with E-state index in [0.717, 1.165) is 68.4 Å². The summed E-state index contributed by atoms with van der Waals surface area (Å²) in [6, 6.07) is 15.5. The van der Waals surface area contributed by atoms with Crippen molar-refractivity contribution in [2.75, 3.05) is 45.2 Å². The molecule has 2 aromatic rings. The van der Waals surface area contributed by atoms with Gasteiger partial charge in [-0.25, -0.2) is 0 Å². The van der Waals surface area contributed by atoms with E-state index >= 15 is 0 Å². The first-order valence-corrected chi connectivity index (χ1v) is 8.70. The summed E-state index contributed by atoms with van der Waals surface area (Å²) in [6.07, 6.45) is 1.03. The third-order valence-corrected chi connectivity index (χ3v) is 4.11. The number of rotatable bonds is 5. The molecule has 0 bridgehead atoms. The number of hydrogen-bond donors (Lipinski definition) is 1. The van der Waals surface area contributed by atoms with Gasteiger partial charge in [-0.05, 0) is 55.0 Å². The lowest BCUT2D eigenvalue weighted by Gasteiger charge is -2.26. The molecule has 4 nitrogen and oxygen atoms in total. The predicted octanol–water partition coefficient (Wildman–Crippen LogP) is 2.77. The van der Waals surface area contributed by atoms with Crippen molar-refractivity contribution >= 4 is 5.69 Å². The van der Waals surface area contributed by atoms with Gasteiger partial charge < -0.3 is 15.2 Å². The number of hydrogen-bond acceptors (Lipinski definition) is 4. The first-order chi connectivity index (χ1) is 12.3. The quantitative estimate of drug-likeness (QED) is 0.518. The molecule has 1 heterocycles. The molecule has 0 saturated carbocycles. The molecule has 1 aliphatic rings. The van der Waals surface area contributed by atoms with Crippen LogP contribution in [0.15, 0.2) is 48.5 Å². The standard InChI is InChI=1S/C21H24N2O2/c22-20-8-4-18(5-9-20)2-3-19-6-10-21(11-7-19)25-15-1-12-23-13-16-24-17-14-23/h4-11H,1,12-17,22H2. The molecule has 0 amide bonds. The van der Waals surface area contributed by atoms with Gasteiger partial charge >= 0.3 is 0 Å². The van der Waals surface area contributed by atoms with Gasteiger partial charge in [0.15, 0.2) is 0 Å². The second-order valence-electron chi connectivity index (χ2n) is 6.05. The highest BCUT2D eigenvalue weighted by atomic mass is 16.5. The fraction of sp³-hybridized carbons (Fsp3) is 0.333. The minimum absolute atomic E-state index is 0.730. The molecule has 2 N–H and O–H groups in total. The number of anilines is 1. The van der Waals surface area contributed by atoms with Crippen LogP contribution < -0.4 is 10.5 Å². The molecule has 1 saturated heterocycles. The van der Waals surface area contributed by atoms with Crippen LogP contribution in [-0.4, -0.2) is 44.4 Å². The molecular weight excluding hydrogens is 312 g/mol. The van der Waals surface area contributed by atoms with Crippen LogP contribution in [0.1, 0.15) is 17.5 Å². The van der Waals surface area contributed by atoms with E-state index in [1.807, 2.05) is 48.5 Å². The SMILES string of the molecule is Nc1ccc(C#Cc2ccc(OCCCN3CCOCC3)cc2)cc1. The number of ether oxygens (including phenoxy) is 2. The molecule has 0 spiro atoms. The van der Waals surface area contributed by atoms with Crippen LogP contribution in [0.2, 0.25) is 0 Å². The largest absolute Gasteiger partial charge is 0.494 e. The maximum atomic E-state index is 5.81. The number of nitrogens with zero attached hydrogens (tertiary/aromatic N) is 1. The zero-order valence-corrected chi connectivity index (χ0v) is 14.4. The van der Waals surface area contributed by atoms with Crippen LogP contribution in [0.4, 0.5) is 5.69 Å². The highest BCUT2D eigenvalue weighted by molar-refractivity contribution is 5.48. The Morgan fingerprint density at radius 1 is 0.920 bits per heavy atom. The Hall–Kier alpha value is -2.48. The van der Waals surface area contributed by atoms with E-state index in [-0.39, 0.29) is 0 Å². The van der Waals surface area contributed by atoms with E-state index in [0.29, 0.717) is 0 Å². The minimum atomic E-state index is 0.730. The Morgan fingerprint density at radius 2 is 1.52 bits per heavy atom. The number of benzene rings is 2. The highest BCUT2D eigenvalue weighted by Gasteiger charge is 2.09. The van der Waals surface area contributed by atoms with E-state index in [1.165, 1.54) is 0 Å². The van der Waals surface area contributed by atoms with E-state index in [2.05, 4.69) is 16.7 Å². The summed E-state index contributed by atoms with van der Waals surface area (Å²) >= 11 is 0. The molecular formula is C21H24N2O2. The van der Waals surface area contributed by atoms with Crippen molar-refractivity contribution in [1.29, 1.82) is 0 Å². The first kappa shape index (κ1) is 17.3. The Bertz CT molecular complexity index is 708. The van der Waals surface area contributed by atoms with Crippen LogP contribution >= 0.6 is 0 Å². The molecule has 0 aromatic heterocycles. The fourth-order valence-corrected chi connectivity index (χ4v) is 2.65.